The topological polar surface area (TPSA) is 61.3 Å². The van der Waals surface area contributed by atoms with E-state index in [2.05, 4.69) is 12.2 Å². The van der Waals surface area contributed by atoms with E-state index in [0.717, 1.165) is 17.8 Å². The molecular weight excluding hydrogens is 176 g/mol. The van der Waals surface area contributed by atoms with Crippen LogP contribution in [0, 0.1) is 5.92 Å². The third kappa shape index (κ3) is 2.36. The normalized spacial score (nSPS) is 26.9. The lowest BCUT2D eigenvalue weighted by Crippen LogP contribution is -2.19. The van der Waals surface area contributed by atoms with Crippen molar-refractivity contribution in [3.8, 4) is 0 Å². The number of ether oxygens (including phenoxy) is 1. The second-order valence-electron chi connectivity index (χ2n) is 4.07. The molecule has 4 N–H and O–H groups in total. The van der Waals surface area contributed by atoms with Crippen molar-refractivity contribution in [2.45, 2.75) is 25.4 Å². The van der Waals surface area contributed by atoms with Crippen LogP contribution < -0.4 is 11.5 Å². The van der Waals surface area contributed by atoms with Crippen molar-refractivity contribution in [2.24, 2.45) is 17.4 Å². The number of hydrogen-bond acceptors (Lipinski definition) is 3. The van der Waals surface area contributed by atoms with Crippen LogP contribution in [0.4, 0.5) is 0 Å². The number of rotatable bonds is 4. The monoisotopic (exact) mass is 194 g/mol. The largest absolute Gasteiger partial charge is 0.495 e. The molecule has 0 heterocycles. The lowest BCUT2D eigenvalue weighted by atomic mass is 9.95. The highest BCUT2D eigenvalue weighted by Gasteiger charge is 2.26. The molecular formula is C11H18N2O. The van der Waals surface area contributed by atoms with Crippen molar-refractivity contribution in [1.29, 1.82) is 0 Å². The summed E-state index contributed by atoms with van der Waals surface area (Å²) in [7, 11) is 0. The minimum Gasteiger partial charge on any atom is -0.495 e. The van der Waals surface area contributed by atoms with Gasteiger partial charge in [-0.2, -0.15) is 0 Å². The summed E-state index contributed by atoms with van der Waals surface area (Å²) in [6.45, 7) is 1.25. The van der Waals surface area contributed by atoms with Gasteiger partial charge >= 0.3 is 0 Å². The fourth-order valence-electron chi connectivity index (χ4n) is 1.69. The molecule has 1 unspecified atom stereocenters. The van der Waals surface area contributed by atoms with Crippen LogP contribution in [0.15, 0.2) is 23.5 Å². The molecule has 1 atom stereocenters. The summed E-state index contributed by atoms with van der Waals surface area (Å²) < 4.78 is 5.78. The predicted octanol–water partition coefficient (Wildman–Crippen LogP) is 0.913. The van der Waals surface area contributed by atoms with Gasteiger partial charge in [-0.3, -0.25) is 0 Å². The van der Waals surface area contributed by atoms with E-state index in [-0.39, 0.29) is 0 Å². The fraction of sp³-hybridized carbons (Fsp3) is 0.636. The molecule has 0 amide bonds. The Morgan fingerprint density at radius 3 is 2.71 bits per heavy atom. The zero-order chi connectivity index (χ0) is 9.97. The predicted molar refractivity (Wildman–Crippen MR) is 56.5 cm³/mol. The molecule has 0 aromatic rings. The molecule has 2 rings (SSSR count). The Hall–Kier alpha value is -0.800. The Morgan fingerprint density at radius 2 is 2.14 bits per heavy atom. The molecule has 3 nitrogen and oxygen atoms in total. The van der Waals surface area contributed by atoms with E-state index in [9.17, 15) is 0 Å². The van der Waals surface area contributed by atoms with E-state index in [1.165, 1.54) is 12.8 Å². The second kappa shape index (κ2) is 4.15. The van der Waals surface area contributed by atoms with Gasteiger partial charge < -0.3 is 16.2 Å². The van der Waals surface area contributed by atoms with Crippen LogP contribution in [0.2, 0.25) is 0 Å². The van der Waals surface area contributed by atoms with E-state index in [4.69, 9.17) is 16.2 Å². The molecule has 2 aliphatic carbocycles. The standard InChI is InChI=1S/C11H18N2O/c12-6-8-3-9(7-13)5-11(4-8)14-10-1-2-10/h3-4,9-10H,1-2,5-7,12-13H2. The van der Waals surface area contributed by atoms with Crippen LogP contribution in [-0.4, -0.2) is 19.2 Å². The van der Waals surface area contributed by atoms with Crippen LogP contribution in [0.5, 0.6) is 0 Å². The van der Waals surface area contributed by atoms with Crippen LogP contribution in [0.1, 0.15) is 19.3 Å². The molecule has 0 aromatic heterocycles. The molecule has 0 aromatic carbocycles. The average molecular weight is 194 g/mol. The maximum absolute atomic E-state index is 5.78. The van der Waals surface area contributed by atoms with Crippen molar-refractivity contribution in [3.63, 3.8) is 0 Å². The summed E-state index contributed by atoms with van der Waals surface area (Å²) in [4.78, 5) is 0. The van der Waals surface area contributed by atoms with E-state index in [1.54, 1.807) is 0 Å². The minimum absolute atomic E-state index is 0.410. The fourth-order valence-corrected chi connectivity index (χ4v) is 1.69. The van der Waals surface area contributed by atoms with Crippen LogP contribution in [0.3, 0.4) is 0 Å². The molecule has 0 saturated heterocycles. The minimum atomic E-state index is 0.410. The van der Waals surface area contributed by atoms with Gasteiger partial charge in [-0.1, -0.05) is 6.08 Å². The van der Waals surface area contributed by atoms with Gasteiger partial charge in [-0.25, -0.2) is 0 Å². The van der Waals surface area contributed by atoms with Crippen LogP contribution in [-0.2, 0) is 4.74 Å². The van der Waals surface area contributed by atoms with Gasteiger partial charge in [0.05, 0.1) is 11.9 Å². The zero-order valence-electron chi connectivity index (χ0n) is 8.41. The molecule has 0 radical (unpaired) electrons. The first-order valence-electron chi connectivity index (χ1n) is 5.30. The highest BCUT2D eigenvalue weighted by Crippen LogP contribution is 2.31. The highest BCUT2D eigenvalue weighted by atomic mass is 16.5. The molecule has 3 heteroatoms. The number of hydrogen-bond donors (Lipinski definition) is 2. The molecule has 0 bridgehead atoms. The summed E-state index contributed by atoms with van der Waals surface area (Å²) in [5.74, 6) is 1.48. The van der Waals surface area contributed by atoms with Gasteiger partial charge in [0.2, 0.25) is 0 Å². The van der Waals surface area contributed by atoms with Crippen molar-refractivity contribution in [3.05, 3.63) is 23.5 Å². The van der Waals surface area contributed by atoms with E-state index >= 15 is 0 Å². The first kappa shape index (κ1) is 9.74. The van der Waals surface area contributed by atoms with E-state index in [0.29, 0.717) is 25.1 Å². The Labute approximate surface area is 84.8 Å². The summed E-state index contributed by atoms with van der Waals surface area (Å²) in [5, 5.41) is 0. The molecule has 14 heavy (non-hydrogen) atoms. The van der Waals surface area contributed by atoms with Crippen LogP contribution in [0.25, 0.3) is 0 Å². The molecule has 1 saturated carbocycles. The first-order valence-corrected chi connectivity index (χ1v) is 5.30. The van der Waals surface area contributed by atoms with Crippen molar-refractivity contribution in [2.75, 3.05) is 13.1 Å². The number of allylic oxidation sites excluding steroid dienone is 1. The number of nitrogens with two attached hydrogens (primary N) is 2. The lowest BCUT2D eigenvalue weighted by molar-refractivity contribution is 0.179. The molecule has 2 aliphatic rings. The van der Waals surface area contributed by atoms with Gasteiger partial charge in [-0.05, 0) is 37.0 Å². The third-order valence-electron chi connectivity index (χ3n) is 2.64. The van der Waals surface area contributed by atoms with E-state index in [1.807, 2.05) is 0 Å². The van der Waals surface area contributed by atoms with Crippen LogP contribution >= 0.6 is 0 Å². The third-order valence-corrected chi connectivity index (χ3v) is 2.64. The first-order chi connectivity index (χ1) is 6.81. The smallest absolute Gasteiger partial charge is 0.0985 e. The quantitative estimate of drug-likeness (QED) is 0.699. The Balaban J connectivity index is 2.00. The molecule has 78 valence electrons. The summed E-state index contributed by atoms with van der Waals surface area (Å²) in [6, 6.07) is 0. The maximum Gasteiger partial charge on any atom is 0.0985 e. The summed E-state index contributed by atoms with van der Waals surface area (Å²) in [6.07, 6.45) is 8.05. The zero-order valence-corrected chi connectivity index (χ0v) is 8.41. The van der Waals surface area contributed by atoms with E-state index < -0.39 is 0 Å². The van der Waals surface area contributed by atoms with Crippen molar-refractivity contribution >= 4 is 0 Å². The van der Waals surface area contributed by atoms with Gasteiger partial charge in [-0.15, -0.1) is 0 Å². The van der Waals surface area contributed by atoms with Gasteiger partial charge in [0.15, 0.2) is 0 Å². The Morgan fingerprint density at radius 1 is 1.36 bits per heavy atom. The maximum atomic E-state index is 5.78. The molecule has 1 fully saturated rings. The lowest BCUT2D eigenvalue weighted by Gasteiger charge is -2.20. The second-order valence-corrected chi connectivity index (χ2v) is 4.07. The van der Waals surface area contributed by atoms with Gasteiger partial charge in [0.25, 0.3) is 0 Å². The Kier molecular flexibility index (Phi) is 2.89. The summed E-state index contributed by atoms with van der Waals surface area (Å²) in [5.41, 5.74) is 12.4. The van der Waals surface area contributed by atoms with Crippen molar-refractivity contribution < 1.29 is 4.74 Å². The molecule has 0 aliphatic heterocycles. The molecule has 0 spiro atoms. The Bertz CT molecular complexity index is 266. The van der Waals surface area contributed by atoms with Gasteiger partial charge in [0.1, 0.15) is 0 Å². The van der Waals surface area contributed by atoms with Gasteiger partial charge in [0, 0.05) is 13.0 Å². The SMILES string of the molecule is NCC1=CC(CN)CC(OC2CC2)=C1. The average Bonchev–Trinajstić information content (AvgIpc) is 3.01. The highest BCUT2D eigenvalue weighted by molar-refractivity contribution is 5.28. The van der Waals surface area contributed by atoms with Crippen molar-refractivity contribution in [1.82, 2.24) is 0 Å². The summed E-state index contributed by atoms with van der Waals surface area (Å²) >= 11 is 0.